The number of H-pyrrole nitrogens is 1. The van der Waals surface area contributed by atoms with Crippen molar-refractivity contribution in [2.45, 2.75) is 11.2 Å². The molecule has 0 fully saturated rings. The lowest BCUT2D eigenvalue weighted by Crippen LogP contribution is -2.30. The summed E-state index contributed by atoms with van der Waals surface area (Å²) in [5.74, 6) is 2.93. The number of ether oxygens (including phenoxy) is 3. The van der Waals surface area contributed by atoms with Gasteiger partial charge in [-0.2, -0.15) is 0 Å². The van der Waals surface area contributed by atoms with Gasteiger partial charge < -0.3 is 19.5 Å². The monoisotopic (exact) mass is 490 g/mol. The molecular weight excluding hydrogens is 464 g/mol. The van der Waals surface area contributed by atoms with Gasteiger partial charge in [0.2, 0.25) is 11.1 Å². The first-order valence-corrected chi connectivity index (χ1v) is 11.8. The van der Waals surface area contributed by atoms with E-state index in [1.54, 1.807) is 21.3 Å². The van der Waals surface area contributed by atoms with Crippen molar-refractivity contribution in [2.24, 2.45) is 0 Å². The average Bonchev–Trinajstić information content (AvgIpc) is 3.40. The number of nitrogens with zero attached hydrogens (tertiary/aromatic N) is 2. The highest BCUT2D eigenvalue weighted by atomic mass is 32.2. The van der Waals surface area contributed by atoms with Crippen molar-refractivity contribution in [2.75, 3.05) is 27.1 Å². The smallest absolute Gasteiger partial charge is 0.231 e. The highest BCUT2D eigenvalue weighted by Crippen LogP contribution is 2.27. The summed E-state index contributed by atoms with van der Waals surface area (Å²) in [5.41, 5.74) is 2.76. The van der Waals surface area contributed by atoms with E-state index in [-0.39, 0.29) is 17.7 Å². The summed E-state index contributed by atoms with van der Waals surface area (Å²) in [4.78, 5) is 17.4. The third-order valence-corrected chi connectivity index (χ3v) is 6.21. The molecule has 2 N–H and O–H groups in total. The summed E-state index contributed by atoms with van der Waals surface area (Å²) in [5, 5.41) is 10.8. The molecule has 0 spiro atoms. The van der Waals surface area contributed by atoms with Crippen LogP contribution in [-0.4, -0.2) is 48.2 Å². The van der Waals surface area contributed by atoms with Crippen molar-refractivity contribution in [3.63, 3.8) is 0 Å². The van der Waals surface area contributed by atoms with Crippen LogP contribution in [0.5, 0.6) is 17.2 Å². The van der Waals surface area contributed by atoms with Crippen LogP contribution < -0.4 is 19.5 Å². The van der Waals surface area contributed by atoms with Gasteiger partial charge in [-0.1, -0.05) is 36.0 Å². The third-order valence-electron chi connectivity index (χ3n) is 5.36. The second-order valence-corrected chi connectivity index (χ2v) is 8.47. The fourth-order valence-electron chi connectivity index (χ4n) is 3.47. The number of amides is 1. The molecule has 9 heteroatoms. The standard InChI is InChI=1S/C26H26N4O4S/c1-32-20-10-4-17(5-11-20)24(18-6-12-21(33-2)13-7-18)27-23(31)16-35-26-28-25(29-30-26)19-8-14-22(34-3)15-9-19/h4-15,24H,16H2,1-3H3,(H,27,31)(H,28,29,30). The van der Waals surface area contributed by atoms with E-state index in [9.17, 15) is 4.79 Å². The van der Waals surface area contributed by atoms with Gasteiger partial charge in [-0.05, 0) is 59.7 Å². The Hall–Kier alpha value is -3.98. The number of hydrogen-bond donors (Lipinski definition) is 2. The van der Waals surface area contributed by atoms with Crippen molar-refractivity contribution < 1.29 is 19.0 Å². The Labute approximate surface area is 208 Å². The molecule has 4 rings (SSSR count). The Balaban J connectivity index is 1.44. The van der Waals surface area contributed by atoms with E-state index in [0.29, 0.717) is 11.0 Å². The van der Waals surface area contributed by atoms with Crippen molar-refractivity contribution in [3.05, 3.63) is 83.9 Å². The summed E-state index contributed by atoms with van der Waals surface area (Å²) in [6.07, 6.45) is 0. The maximum atomic E-state index is 12.9. The molecule has 0 radical (unpaired) electrons. The number of nitrogens with one attached hydrogen (secondary N) is 2. The summed E-state index contributed by atoms with van der Waals surface area (Å²) in [6, 6.07) is 22.5. The average molecular weight is 491 g/mol. The molecule has 0 aliphatic carbocycles. The third kappa shape index (κ3) is 6.13. The van der Waals surface area contributed by atoms with Crippen LogP contribution >= 0.6 is 11.8 Å². The summed E-state index contributed by atoms with van der Waals surface area (Å²) in [6.45, 7) is 0. The Morgan fingerprint density at radius 2 is 1.31 bits per heavy atom. The maximum absolute atomic E-state index is 12.9. The molecule has 8 nitrogen and oxygen atoms in total. The minimum atomic E-state index is -0.332. The van der Waals surface area contributed by atoms with Gasteiger partial charge in [-0.3, -0.25) is 9.89 Å². The number of thioether (sulfide) groups is 1. The predicted molar refractivity (Wildman–Crippen MR) is 135 cm³/mol. The fourth-order valence-corrected chi connectivity index (χ4v) is 4.08. The quantitative estimate of drug-likeness (QED) is 0.316. The van der Waals surface area contributed by atoms with Crippen LogP contribution in [0.2, 0.25) is 0 Å². The van der Waals surface area contributed by atoms with E-state index < -0.39 is 0 Å². The zero-order valence-corrected chi connectivity index (χ0v) is 20.5. The molecule has 0 unspecified atom stereocenters. The van der Waals surface area contributed by atoms with E-state index in [1.807, 2.05) is 72.8 Å². The van der Waals surface area contributed by atoms with Crippen LogP contribution in [0, 0.1) is 0 Å². The lowest BCUT2D eigenvalue weighted by atomic mass is 9.98. The SMILES string of the molecule is COc1ccc(-c2nc(SCC(=O)NC(c3ccc(OC)cc3)c3ccc(OC)cc3)n[nH]2)cc1. The molecule has 0 atom stereocenters. The zero-order chi connectivity index (χ0) is 24.6. The van der Waals surface area contributed by atoms with Crippen molar-refractivity contribution >= 4 is 17.7 Å². The molecule has 4 aromatic rings. The van der Waals surface area contributed by atoms with Crippen LogP contribution in [0.4, 0.5) is 0 Å². The van der Waals surface area contributed by atoms with Crippen LogP contribution in [0.15, 0.2) is 78.0 Å². The highest BCUT2D eigenvalue weighted by molar-refractivity contribution is 7.99. The first-order valence-electron chi connectivity index (χ1n) is 10.9. The number of hydrogen-bond acceptors (Lipinski definition) is 7. The minimum absolute atomic E-state index is 0.137. The minimum Gasteiger partial charge on any atom is -0.497 e. The number of aromatic amines is 1. The lowest BCUT2D eigenvalue weighted by Gasteiger charge is -2.20. The fraction of sp³-hybridized carbons (Fsp3) is 0.192. The molecular formula is C26H26N4O4S. The second kappa shape index (κ2) is 11.4. The highest BCUT2D eigenvalue weighted by Gasteiger charge is 2.18. The van der Waals surface area contributed by atoms with Gasteiger partial charge in [0, 0.05) is 5.56 Å². The summed E-state index contributed by atoms with van der Waals surface area (Å²) < 4.78 is 15.7. The first-order chi connectivity index (χ1) is 17.1. The van der Waals surface area contributed by atoms with Crippen LogP contribution in [0.1, 0.15) is 17.2 Å². The Kier molecular flexibility index (Phi) is 7.89. The van der Waals surface area contributed by atoms with Crippen molar-refractivity contribution in [1.29, 1.82) is 0 Å². The van der Waals surface area contributed by atoms with Crippen LogP contribution in [-0.2, 0) is 4.79 Å². The zero-order valence-electron chi connectivity index (χ0n) is 19.6. The van der Waals surface area contributed by atoms with Gasteiger partial charge in [-0.25, -0.2) is 4.98 Å². The second-order valence-electron chi connectivity index (χ2n) is 7.53. The molecule has 0 bridgehead atoms. The van der Waals surface area contributed by atoms with E-state index in [4.69, 9.17) is 14.2 Å². The van der Waals surface area contributed by atoms with E-state index >= 15 is 0 Å². The molecule has 0 saturated carbocycles. The largest absolute Gasteiger partial charge is 0.497 e. The van der Waals surface area contributed by atoms with Gasteiger partial charge >= 0.3 is 0 Å². The summed E-state index contributed by atoms with van der Waals surface area (Å²) >= 11 is 1.27. The van der Waals surface area contributed by atoms with Gasteiger partial charge in [0.15, 0.2) is 5.82 Å². The van der Waals surface area contributed by atoms with E-state index in [1.165, 1.54) is 11.8 Å². The van der Waals surface area contributed by atoms with Gasteiger partial charge in [-0.15, -0.1) is 5.10 Å². The molecule has 3 aromatic carbocycles. The van der Waals surface area contributed by atoms with Crippen molar-refractivity contribution in [1.82, 2.24) is 20.5 Å². The van der Waals surface area contributed by atoms with E-state index in [0.717, 1.165) is 33.9 Å². The Morgan fingerprint density at radius 3 is 1.80 bits per heavy atom. The summed E-state index contributed by atoms with van der Waals surface area (Å²) in [7, 11) is 4.87. The number of benzene rings is 3. The molecule has 0 saturated heterocycles. The Morgan fingerprint density at radius 1 is 0.829 bits per heavy atom. The molecule has 180 valence electrons. The predicted octanol–water partition coefficient (Wildman–Crippen LogP) is 4.50. The van der Waals surface area contributed by atoms with Crippen LogP contribution in [0.25, 0.3) is 11.4 Å². The molecule has 35 heavy (non-hydrogen) atoms. The normalized spacial score (nSPS) is 10.7. The molecule has 0 aliphatic heterocycles. The number of carbonyl (C=O) groups is 1. The molecule has 1 heterocycles. The number of aromatic nitrogens is 3. The first kappa shape index (κ1) is 24.2. The molecule has 1 amide bonds. The van der Waals surface area contributed by atoms with Gasteiger partial charge in [0.1, 0.15) is 17.2 Å². The van der Waals surface area contributed by atoms with Gasteiger partial charge in [0.05, 0.1) is 33.1 Å². The van der Waals surface area contributed by atoms with Gasteiger partial charge in [0.25, 0.3) is 0 Å². The molecule has 0 aliphatic rings. The topological polar surface area (TPSA) is 98.4 Å². The lowest BCUT2D eigenvalue weighted by molar-refractivity contribution is -0.119. The number of methoxy groups -OCH3 is 3. The molecule has 1 aromatic heterocycles. The van der Waals surface area contributed by atoms with Crippen LogP contribution in [0.3, 0.4) is 0 Å². The number of rotatable bonds is 10. The van der Waals surface area contributed by atoms with Crippen molar-refractivity contribution in [3.8, 4) is 28.6 Å². The number of carbonyl (C=O) groups excluding carboxylic acids is 1. The van der Waals surface area contributed by atoms with E-state index in [2.05, 4.69) is 20.5 Å². The Bertz CT molecular complexity index is 1190. The maximum Gasteiger partial charge on any atom is 0.231 e.